The molecule has 1 fully saturated rings. The van der Waals surface area contributed by atoms with E-state index in [1.54, 1.807) is 0 Å². The molecular formula is C21H23N3O2. The first kappa shape index (κ1) is 16.6. The molecule has 1 unspecified atom stereocenters. The normalized spacial score (nSPS) is 17.0. The molecule has 2 aromatic carbocycles. The second-order valence-corrected chi connectivity index (χ2v) is 6.89. The highest BCUT2D eigenvalue weighted by Gasteiger charge is 2.32. The number of benzene rings is 2. The molecule has 1 aromatic heterocycles. The minimum absolute atomic E-state index is 0.00327. The van der Waals surface area contributed by atoms with Crippen LogP contribution in [0.4, 0.5) is 0 Å². The van der Waals surface area contributed by atoms with Crippen molar-refractivity contribution in [2.75, 3.05) is 13.2 Å². The number of H-pyrrole nitrogens is 1. The van der Waals surface area contributed by atoms with E-state index in [1.165, 1.54) is 0 Å². The summed E-state index contributed by atoms with van der Waals surface area (Å²) in [6.07, 6.45) is 1.91. The van der Waals surface area contributed by atoms with Crippen LogP contribution in [0.25, 0.3) is 11.0 Å². The fourth-order valence-corrected chi connectivity index (χ4v) is 3.72. The maximum absolute atomic E-state index is 12.8. The van der Waals surface area contributed by atoms with Gasteiger partial charge in [-0.1, -0.05) is 30.3 Å². The number of rotatable bonds is 4. The Kier molecular flexibility index (Phi) is 4.37. The van der Waals surface area contributed by atoms with Gasteiger partial charge in [-0.2, -0.15) is 0 Å². The molecule has 134 valence electrons. The van der Waals surface area contributed by atoms with Gasteiger partial charge in [-0.25, -0.2) is 4.98 Å². The monoisotopic (exact) mass is 349 g/mol. The first-order valence-electron chi connectivity index (χ1n) is 9.06. The van der Waals surface area contributed by atoms with Crippen LogP contribution in [0.1, 0.15) is 35.8 Å². The number of hydrogen-bond acceptors (Lipinski definition) is 3. The molecule has 5 nitrogen and oxygen atoms in total. The van der Waals surface area contributed by atoms with E-state index in [9.17, 15) is 4.79 Å². The second-order valence-electron chi connectivity index (χ2n) is 6.89. The van der Waals surface area contributed by atoms with Crippen LogP contribution in [0.5, 0.6) is 5.75 Å². The molecule has 1 amide bonds. The lowest BCUT2D eigenvalue weighted by molar-refractivity contribution is -0.134. The van der Waals surface area contributed by atoms with E-state index in [0.717, 1.165) is 53.1 Å². The summed E-state index contributed by atoms with van der Waals surface area (Å²) in [7, 11) is 0. The number of nitrogens with zero attached hydrogens (tertiary/aromatic N) is 2. The van der Waals surface area contributed by atoms with E-state index in [4.69, 9.17) is 4.74 Å². The molecule has 1 N–H and O–H groups in total. The number of ether oxygens (including phenoxy) is 1. The van der Waals surface area contributed by atoms with Crippen LogP contribution in [-0.2, 0) is 4.79 Å². The fraction of sp³-hybridized carbons (Fsp3) is 0.333. The number of hydrogen-bond donors (Lipinski definition) is 1. The van der Waals surface area contributed by atoms with Gasteiger partial charge in [0.15, 0.2) is 6.61 Å². The van der Waals surface area contributed by atoms with Crippen LogP contribution in [0.2, 0.25) is 0 Å². The summed E-state index contributed by atoms with van der Waals surface area (Å²) in [5.74, 6) is 1.68. The van der Waals surface area contributed by atoms with Crippen LogP contribution in [0, 0.1) is 13.8 Å². The number of imidazole rings is 1. The van der Waals surface area contributed by atoms with Gasteiger partial charge in [0.05, 0.1) is 17.1 Å². The summed E-state index contributed by atoms with van der Waals surface area (Å²) in [5.41, 5.74) is 4.04. The maximum Gasteiger partial charge on any atom is 0.261 e. The van der Waals surface area contributed by atoms with Crippen molar-refractivity contribution < 1.29 is 9.53 Å². The average molecular weight is 349 g/mol. The third kappa shape index (κ3) is 3.05. The van der Waals surface area contributed by atoms with Crippen molar-refractivity contribution in [1.82, 2.24) is 14.9 Å². The number of nitrogens with one attached hydrogen (secondary N) is 1. The summed E-state index contributed by atoms with van der Waals surface area (Å²) in [4.78, 5) is 22.7. The van der Waals surface area contributed by atoms with Crippen molar-refractivity contribution in [2.45, 2.75) is 32.7 Å². The van der Waals surface area contributed by atoms with Crippen molar-refractivity contribution in [2.24, 2.45) is 0 Å². The van der Waals surface area contributed by atoms with Crippen LogP contribution in [0.15, 0.2) is 42.5 Å². The molecular weight excluding hydrogens is 326 g/mol. The number of carbonyl (C=O) groups excluding carboxylic acids is 1. The third-order valence-corrected chi connectivity index (χ3v) is 5.05. The van der Waals surface area contributed by atoms with Gasteiger partial charge >= 0.3 is 0 Å². The third-order valence-electron chi connectivity index (χ3n) is 5.05. The molecule has 0 spiro atoms. The lowest BCUT2D eigenvalue weighted by atomic mass is 10.1. The molecule has 1 saturated heterocycles. The van der Waals surface area contributed by atoms with E-state index in [0.29, 0.717) is 0 Å². The van der Waals surface area contributed by atoms with Gasteiger partial charge in [-0.3, -0.25) is 4.79 Å². The zero-order valence-corrected chi connectivity index (χ0v) is 15.2. The predicted octanol–water partition coefficient (Wildman–Crippen LogP) is 3.92. The molecule has 0 saturated carbocycles. The SMILES string of the molecule is Cc1cccc(C)c1OCC(=O)N1CCCC1c1nc2ccccc2[nH]1. The largest absolute Gasteiger partial charge is 0.483 e. The lowest BCUT2D eigenvalue weighted by Gasteiger charge is -2.23. The smallest absolute Gasteiger partial charge is 0.261 e. The van der Waals surface area contributed by atoms with Gasteiger partial charge < -0.3 is 14.6 Å². The molecule has 5 heteroatoms. The average Bonchev–Trinajstić information content (AvgIpc) is 3.27. The molecule has 0 bridgehead atoms. The van der Waals surface area contributed by atoms with E-state index < -0.39 is 0 Å². The molecule has 3 aromatic rings. The molecule has 1 aliphatic rings. The molecule has 0 aliphatic carbocycles. The van der Waals surface area contributed by atoms with Gasteiger partial charge in [-0.15, -0.1) is 0 Å². The Morgan fingerprint density at radius 1 is 1.19 bits per heavy atom. The fourth-order valence-electron chi connectivity index (χ4n) is 3.72. The van der Waals surface area contributed by atoms with Crippen molar-refractivity contribution in [3.8, 4) is 5.75 Å². The van der Waals surface area contributed by atoms with Crippen molar-refractivity contribution in [3.05, 3.63) is 59.4 Å². The summed E-state index contributed by atoms with van der Waals surface area (Å²) in [5, 5.41) is 0. The molecule has 2 heterocycles. The molecule has 4 rings (SSSR count). The van der Waals surface area contributed by atoms with Gasteiger partial charge in [0.1, 0.15) is 11.6 Å². The standard InChI is InChI=1S/C21H23N3O2/c1-14-7-5-8-15(2)20(14)26-13-19(25)24-12-6-11-18(24)21-22-16-9-3-4-10-17(16)23-21/h3-5,7-10,18H,6,11-13H2,1-2H3,(H,22,23). The summed E-state index contributed by atoms with van der Waals surface area (Å²) < 4.78 is 5.86. The Hall–Kier alpha value is -2.82. The van der Waals surface area contributed by atoms with Gasteiger partial charge in [-0.05, 0) is 49.9 Å². The van der Waals surface area contributed by atoms with Crippen LogP contribution in [0.3, 0.4) is 0 Å². The van der Waals surface area contributed by atoms with Crippen LogP contribution >= 0.6 is 0 Å². The number of likely N-dealkylation sites (tertiary alicyclic amines) is 1. The molecule has 1 aliphatic heterocycles. The Balaban J connectivity index is 1.50. The topological polar surface area (TPSA) is 58.2 Å². The van der Waals surface area contributed by atoms with Crippen LogP contribution < -0.4 is 4.74 Å². The quantitative estimate of drug-likeness (QED) is 0.776. The summed E-state index contributed by atoms with van der Waals surface area (Å²) >= 11 is 0. The highest BCUT2D eigenvalue weighted by molar-refractivity contribution is 5.79. The van der Waals surface area contributed by atoms with Gasteiger partial charge in [0, 0.05) is 6.54 Å². The van der Waals surface area contributed by atoms with Gasteiger partial charge in [0.2, 0.25) is 0 Å². The molecule has 1 atom stereocenters. The Labute approximate surface area is 153 Å². The number of aryl methyl sites for hydroxylation is 2. The van der Waals surface area contributed by atoms with E-state index >= 15 is 0 Å². The van der Waals surface area contributed by atoms with E-state index in [2.05, 4.69) is 9.97 Å². The zero-order valence-electron chi connectivity index (χ0n) is 15.2. The minimum Gasteiger partial charge on any atom is -0.483 e. The van der Waals surface area contributed by atoms with Gasteiger partial charge in [0.25, 0.3) is 5.91 Å². The number of carbonyl (C=O) groups is 1. The minimum atomic E-state index is -0.00327. The second kappa shape index (κ2) is 6.83. The van der Waals surface area contributed by atoms with E-state index in [1.807, 2.05) is 61.2 Å². The Morgan fingerprint density at radius 3 is 2.73 bits per heavy atom. The number of aromatic amines is 1. The van der Waals surface area contributed by atoms with Crippen LogP contribution in [-0.4, -0.2) is 33.9 Å². The number of amides is 1. The number of para-hydroxylation sites is 3. The highest BCUT2D eigenvalue weighted by atomic mass is 16.5. The van der Waals surface area contributed by atoms with Crippen molar-refractivity contribution in [1.29, 1.82) is 0 Å². The first-order chi connectivity index (χ1) is 12.6. The molecule has 0 radical (unpaired) electrons. The van der Waals surface area contributed by atoms with E-state index in [-0.39, 0.29) is 18.6 Å². The first-order valence-corrected chi connectivity index (χ1v) is 9.06. The van der Waals surface area contributed by atoms with Crippen molar-refractivity contribution >= 4 is 16.9 Å². The summed E-state index contributed by atoms with van der Waals surface area (Å²) in [6.45, 7) is 4.80. The highest BCUT2D eigenvalue weighted by Crippen LogP contribution is 2.31. The Morgan fingerprint density at radius 2 is 1.96 bits per heavy atom. The zero-order chi connectivity index (χ0) is 18.1. The predicted molar refractivity (Wildman–Crippen MR) is 101 cm³/mol. The number of aromatic nitrogens is 2. The molecule has 26 heavy (non-hydrogen) atoms. The lowest BCUT2D eigenvalue weighted by Crippen LogP contribution is -2.35. The van der Waals surface area contributed by atoms with Crippen molar-refractivity contribution in [3.63, 3.8) is 0 Å². The maximum atomic E-state index is 12.8. The summed E-state index contributed by atoms with van der Waals surface area (Å²) in [6, 6.07) is 14.0. The Bertz CT molecular complexity index is 894. The number of fused-ring (bicyclic) bond motifs is 1.